The predicted octanol–water partition coefficient (Wildman–Crippen LogP) is 5.11. The molecule has 3 rings (SSSR count). The Bertz CT molecular complexity index is 812. The highest BCUT2D eigenvalue weighted by Crippen LogP contribution is 2.29. The van der Waals surface area contributed by atoms with Crippen LogP contribution in [0.4, 0.5) is 10.8 Å². The number of methoxy groups -OCH3 is 1. The minimum Gasteiger partial charge on any atom is -0.497 e. The molecule has 1 heterocycles. The van der Waals surface area contributed by atoms with Gasteiger partial charge in [-0.05, 0) is 36.4 Å². The Morgan fingerprint density at radius 3 is 2.68 bits per heavy atom. The number of para-hydroxylation sites is 1. The van der Waals surface area contributed by atoms with E-state index in [2.05, 4.69) is 15.5 Å². The van der Waals surface area contributed by atoms with E-state index in [9.17, 15) is 0 Å². The SMILES string of the molecule is COc1ccc(Nc2nnc(SCCOc3ccccc3Cl)s2)cc1. The lowest BCUT2D eigenvalue weighted by molar-refractivity contribution is 0.344. The topological polar surface area (TPSA) is 56.3 Å². The summed E-state index contributed by atoms with van der Waals surface area (Å²) in [4.78, 5) is 0. The molecule has 0 unspecified atom stereocenters. The highest BCUT2D eigenvalue weighted by molar-refractivity contribution is 8.01. The first kappa shape index (κ1) is 17.8. The van der Waals surface area contributed by atoms with Gasteiger partial charge in [-0.3, -0.25) is 0 Å². The van der Waals surface area contributed by atoms with Gasteiger partial charge >= 0.3 is 0 Å². The van der Waals surface area contributed by atoms with Crippen LogP contribution in [-0.2, 0) is 0 Å². The number of nitrogens with one attached hydrogen (secondary N) is 1. The summed E-state index contributed by atoms with van der Waals surface area (Å²) >= 11 is 9.15. The Labute approximate surface area is 159 Å². The van der Waals surface area contributed by atoms with E-state index in [1.165, 1.54) is 11.3 Å². The van der Waals surface area contributed by atoms with Gasteiger partial charge in [-0.1, -0.05) is 46.8 Å². The number of hydrogen-bond donors (Lipinski definition) is 1. The number of hydrogen-bond acceptors (Lipinski definition) is 7. The van der Waals surface area contributed by atoms with Crippen LogP contribution >= 0.6 is 34.7 Å². The van der Waals surface area contributed by atoms with Crippen LogP contribution in [0.1, 0.15) is 0 Å². The summed E-state index contributed by atoms with van der Waals surface area (Å²) in [6.45, 7) is 0.551. The molecule has 0 aliphatic heterocycles. The highest BCUT2D eigenvalue weighted by Gasteiger charge is 2.06. The van der Waals surface area contributed by atoms with Gasteiger partial charge in [-0.25, -0.2) is 0 Å². The largest absolute Gasteiger partial charge is 0.497 e. The molecule has 0 spiro atoms. The molecule has 0 bridgehead atoms. The maximum absolute atomic E-state index is 6.05. The van der Waals surface area contributed by atoms with Crippen LogP contribution in [0.5, 0.6) is 11.5 Å². The monoisotopic (exact) mass is 393 g/mol. The highest BCUT2D eigenvalue weighted by atomic mass is 35.5. The second kappa shape index (κ2) is 8.94. The van der Waals surface area contributed by atoms with Crippen molar-refractivity contribution < 1.29 is 9.47 Å². The Hall–Kier alpha value is -1.96. The molecule has 0 fully saturated rings. The third-order valence-corrected chi connectivity index (χ3v) is 5.40. The molecule has 0 saturated heterocycles. The van der Waals surface area contributed by atoms with Gasteiger partial charge in [0.2, 0.25) is 5.13 Å². The van der Waals surface area contributed by atoms with Crippen molar-refractivity contribution >= 4 is 45.5 Å². The van der Waals surface area contributed by atoms with Crippen LogP contribution in [0, 0.1) is 0 Å². The molecular formula is C17H16ClN3O2S2. The van der Waals surface area contributed by atoms with Crippen molar-refractivity contribution in [2.24, 2.45) is 0 Å². The van der Waals surface area contributed by atoms with E-state index in [1.807, 2.05) is 48.5 Å². The second-order valence-electron chi connectivity index (χ2n) is 4.85. The van der Waals surface area contributed by atoms with Gasteiger partial charge in [-0.2, -0.15) is 0 Å². The van der Waals surface area contributed by atoms with Gasteiger partial charge < -0.3 is 14.8 Å². The number of ether oxygens (including phenoxy) is 2. The Kier molecular flexibility index (Phi) is 6.38. The van der Waals surface area contributed by atoms with Crippen molar-refractivity contribution in [2.75, 3.05) is 24.8 Å². The molecule has 0 atom stereocenters. The van der Waals surface area contributed by atoms with Crippen molar-refractivity contribution in [1.29, 1.82) is 0 Å². The first-order valence-corrected chi connectivity index (χ1v) is 9.67. The van der Waals surface area contributed by atoms with Crippen molar-refractivity contribution in [2.45, 2.75) is 4.34 Å². The first-order chi connectivity index (χ1) is 12.2. The molecule has 0 radical (unpaired) electrons. The third kappa shape index (κ3) is 5.26. The number of rotatable bonds is 8. The summed E-state index contributed by atoms with van der Waals surface area (Å²) in [5, 5.41) is 12.9. The number of halogens is 1. The predicted molar refractivity (Wildman–Crippen MR) is 104 cm³/mol. The Morgan fingerprint density at radius 2 is 1.92 bits per heavy atom. The summed E-state index contributed by atoms with van der Waals surface area (Å²) in [5.74, 6) is 2.28. The van der Waals surface area contributed by atoms with Crippen molar-refractivity contribution in [3.63, 3.8) is 0 Å². The maximum atomic E-state index is 6.05. The van der Waals surface area contributed by atoms with Gasteiger partial charge in [0, 0.05) is 11.4 Å². The van der Waals surface area contributed by atoms with E-state index < -0.39 is 0 Å². The summed E-state index contributed by atoms with van der Waals surface area (Å²) in [5.41, 5.74) is 0.940. The molecule has 0 aliphatic carbocycles. The molecule has 2 aromatic carbocycles. The molecule has 25 heavy (non-hydrogen) atoms. The molecule has 5 nitrogen and oxygen atoms in total. The molecule has 0 saturated carbocycles. The number of thioether (sulfide) groups is 1. The molecule has 130 valence electrons. The van der Waals surface area contributed by atoms with E-state index in [0.717, 1.165) is 26.7 Å². The number of benzene rings is 2. The van der Waals surface area contributed by atoms with Gasteiger partial charge in [0.25, 0.3) is 0 Å². The molecule has 1 aromatic heterocycles. The minimum atomic E-state index is 0.551. The smallest absolute Gasteiger partial charge is 0.210 e. The van der Waals surface area contributed by atoms with Crippen LogP contribution in [0.3, 0.4) is 0 Å². The van der Waals surface area contributed by atoms with Crippen LogP contribution in [0.25, 0.3) is 0 Å². The Morgan fingerprint density at radius 1 is 1.12 bits per heavy atom. The van der Waals surface area contributed by atoms with E-state index in [0.29, 0.717) is 17.4 Å². The Balaban J connectivity index is 1.46. The van der Waals surface area contributed by atoms with Crippen LogP contribution in [-0.4, -0.2) is 29.7 Å². The second-order valence-corrected chi connectivity index (χ2v) is 7.58. The summed E-state index contributed by atoms with van der Waals surface area (Å²) < 4.78 is 11.7. The zero-order chi connectivity index (χ0) is 17.5. The normalized spacial score (nSPS) is 10.5. The molecular weight excluding hydrogens is 378 g/mol. The summed E-state index contributed by atoms with van der Waals surface area (Å²) in [6.07, 6.45) is 0. The van der Waals surface area contributed by atoms with Crippen LogP contribution in [0.15, 0.2) is 52.9 Å². The van der Waals surface area contributed by atoms with Crippen LogP contribution < -0.4 is 14.8 Å². The van der Waals surface area contributed by atoms with Gasteiger partial charge in [0.1, 0.15) is 11.5 Å². The molecule has 0 aliphatic rings. The van der Waals surface area contributed by atoms with Gasteiger partial charge in [0.15, 0.2) is 4.34 Å². The quantitative estimate of drug-likeness (QED) is 0.423. The number of nitrogens with zero attached hydrogens (tertiary/aromatic N) is 2. The fourth-order valence-electron chi connectivity index (χ4n) is 1.96. The average molecular weight is 394 g/mol. The fourth-order valence-corrected chi connectivity index (χ4v) is 3.81. The lowest BCUT2D eigenvalue weighted by atomic mass is 10.3. The molecule has 0 amide bonds. The summed E-state index contributed by atoms with van der Waals surface area (Å²) in [7, 11) is 1.64. The average Bonchev–Trinajstić information content (AvgIpc) is 3.08. The maximum Gasteiger partial charge on any atom is 0.210 e. The van der Waals surface area contributed by atoms with Crippen LogP contribution in [0.2, 0.25) is 5.02 Å². The van der Waals surface area contributed by atoms with E-state index in [4.69, 9.17) is 21.1 Å². The molecule has 3 aromatic rings. The fraction of sp³-hybridized carbons (Fsp3) is 0.176. The van der Waals surface area contributed by atoms with Crippen molar-refractivity contribution in [3.8, 4) is 11.5 Å². The summed E-state index contributed by atoms with van der Waals surface area (Å²) in [6, 6.07) is 15.1. The zero-order valence-corrected chi connectivity index (χ0v) is 15.8. The third-order valence-electron chi connectivity index (χ3n) is 3.15. The minimum absolute atomic E-state index is 0.551. The lowest BCUT2D eigenvalue weighted by Crippen LogP contribution is -2.00. The number of aromatic nitrogens is 2. The zero-order valence-electron chi connectivity index (χ0n) is 13.4. The lowest BCUT2D eigenvalue weighted by Gasteiger charge is -2.06. The standard InChI is InChI=1S/C17H16ClN3O2S2/c1-22-13-8-6-12(7-9-13)19-16-20-21-17(25-16)24-11-10-23-15-5-3-2-4-14(15)18/h2-9H,10-11H2,1H3,(H,19,20). The van der Waals surface area contributed by atoms with E-state index in [-0.39, 0.29) is 0 Å². The van der Waals surface area contributed by atoms with E-state index >= 15 is 0 Å². The van der Waals surface area contributed by atoms with Crippen molar-refractivity contribution in [1.82, 2.24) is 10.2 Å². The van der Waals surface area contributed by atoms with E-state index in [1.54, 1.807) is 18.9 Å². The molecule has 1 N–H and O–H groups in total. The van der Waals surface area contributed by atoms with Gasteiger partial charge in [-0.15, -0.1) is 10.2 Å². The molecule has 8 heteroatoms. The van der Waals surface area contributed by atoms with Gasteiger partial charge in [0.05, 0.1) is 18.7 Å². The number of anilines is 2. The first-order valence-electron chi connectivity index (χ1n) is 7.49. The van der Waals surface area contributed by atoms with Crippen molar-refractivity contribution in [3.05, 3.63) is 53.6 Å².